The lowest BCUT2D eigenvalue weighted by molar-refractivity contribution is -0.133. The number of rotatable bonds is 3. The molecular weight excluding hydrogens is 282 g/mol. The van der Waals surface area contributed by atoms with E-state index in [0.29, 0.717) is 6.42 Å². The molecule has 0 unspecified atom stereocenters. The van der Waals surface area contributed by atoms with Gasteiger partial charge in [-0.25, -0.2) is 4.98 Å². The fourth-order valence-electron chi connectivity index (χ4n) is 2.72. The number of hydrogen-bond donors (Lipinski definition) is 1. The molecule has 3 rings (SSSR count). The molecule has 1 atom stereocenters. The van der Waals surface area contributed by atoms with Crippen LogP contribution in [-0.4, -0.2) is 35.4 Å². The third kappa shape index (κ3) is 3.31. The first-order valence-corrected chi connectivity index (χ1v) is 8.08. The number of nitrogens with zero attached hydrogens (tertiary/aromatic N) is 2. The molecule has 0 bridgehead atoms. The molecule has 1 fully saturated rings. The van der Waals surface area contributed by atoms with Crippen LogP contribution < -0.4 is 5.32 Å². The van der Waals surface area contributed by atoms with Crippen molar-refractivity contribution in [2.45, 2.75) is 19.4 Å². The molecule has 1 aromatic carbocycles. The van der Waals surface area contributed by atoms with Crippen molar-refractivity contribution >= 4 is 17.2 Å². The van der Waals surface area contributed by atoms with Crippen molar-refractivity contribution in [3.05, 3.63) is 52.0 Å². The van der Waals surface area contributed by atoms with Crippen molar-refractivity contribution in [1.29, 1.82) is 0 Å². The predicted octanol–water partition coefficient (Wildman–Crippen LogP) is 2.17. The highest BCUT2D eigenvalue weighted by Crippen LogP contribution is 2.23. The van der Waals surface area contributed by atoms with Crippen LogP contribution in [0.4, 0.5) is 0 Å². The number of amides is 1. The molecule has 0 spiro atoms. The molecule has 0 saturated carbocycles. The molecule has 0 aliphatic carbocycles. The van der Waals surface area contributed by atoms with Crippen molar-refractivity contribution < 1.29 is 4.79 Å². The van der Waals surface area contributed by atoms with Crippen molar-refractivity contribution in [2.24, 2.45) is 0 Å². The van der Waals surface area contributed by atoms with Crippen LogP contribution in [0.25, 0.3) is 0 Å². The highest BCUT2D eigenvalue weighted by atomic mass is 32.1. The Morgan fingerprint density at radius 1 is 1.43 bits per heavy atom. The average Bonchev–Trinajstić information content (AvgIpc) is 2.93. The summed E-state index contributed by atoms with van der Waals surface area (Å²) in [5, 5.41) is 6.37. The van der Waals surface area contributed by atoms with Crippen molar-refractivity contribution in [3.8, 4) is 0 Å². The summed E-state index contributed by atoms with van der Waals surface area (Å²) in [5.41, 5.74) is 2.07. The highest BCUT2D eigenvalue weighted by Gasteiger charge is 2.27. The standard InChI is InChI=1S/C16H19N3OS/c1-12-18-14(11-21-12)9-16(20)19-8-7-17-10-15(19)13-5-3-2-4-6-13/h2-6,11,15,17H,7-10H2,1H3/t15-/m0/s1. The molecule has 0 radical (unpaired) electrons. The van der Waals surface area contributed by atoms with Gasteiger partial charge in [-0.2, -0.15) is 0 Å². The molecule has 5 heteroatoms. The Morgan fingerprint density at radius 3 is 2.95 bits per heavy atom. The zero-order valence-electron chi connectivity index (χ0n) is 12.1. The van der Waals surface area contributed by atoms with Crippen LogP contribution in [0.3, 0.4) is 0 Å². The second-order valence-electron chi connectivity index (χ2n) is 5.25. The molecule has 1 aromatic heterocycles. The lowest BCUT2D eigenvalue weighted by Crippen LogP contribution is -2.49. The third-order valence-corrected chi connectivity index (χ3v) is 4.57. The monoisotopic (exact) mass is 301 g/mol. The van der Waals surface area contributed by atoms with Gasteiger partial charge in [-0.05, 0) is 12.5 Å². The third-order valence-electron chi connectivity index (χ3n) is 3.75. The summed E-state index contributed by atoms with van der Waals surface area (Å²) in [6.45, 7) is 4.38. The van der Waals surface area contributed by atoms with Gasteiger partial charge in [-0.15, -0.1) is 11.3 Å². The number of aryl methyl sites for hydroxylation is 1. The first-order valence-electron chi connectivity index (χ1n) is 7.20. The normalized spacial score (nSPS) is 18.7. The Balaban J connectivity index is 1.76. The molecule has 1 saturated heterocycles. The van der Waals surface area contributed by atoms with E-state index in [4.69, 9.17) is 0 Å². The van der Waals surface area contributed by atoms with Crippen LogP contribution in [0.2, 0.25) is 0 Å². The Hall–Kier alpha value is -1.72. The van der Waals surface area contributed by atoms with Gasteiger partial charge < -0.3 is 10.2 Å². The highest BCUT2D eigenvalue weighted by molar-refractivity contribution is 7.09. The lowest BCUT2D eigenvalue weighted by atomic mass is 10.0. The molecule has 1 aliphatic rings. The zero-order valence-corrected chi connectivity index (χ0v) is 12.9. The first-order chi connectivity index (χ1) is 10.2. The topological polar surface area (TPSA) is 45.2 Å². The predicted molar refractivity (Wildman–Crippen MR) is 84.3 cm³/mol. The second-order valence-corrected chi connectivity index (χ2v) is 6.31. The second kappa shape index (κ2) is 6.37. The largest absolute Gasteiger partial charge is 0.333 e. The summed E-state index contributed by atoms with van der Waals surface area (Å²) < 4.78 is 0. The minimum atomic E-state index is 0.118. The molecule has 2 heterocycles. The number of thiazole rings is 1. The van der Waals surface area contributed by atoms with E-state index >= 15 is 0 Å². The van der Waals surface area contributed by atoms with Gasteiger partial charge in [0.25, 0.3) is 0 Å². The van der Waals surface area contributed by atoms with Gasteiger partial charge in [0.1, 0.15) is 0 Å². The van der Waals surface area contributed by atoms with Crippen molar-refractivity contribution in [2.75, 3.05) is 19.6 Å². The molecule has 1 N–H and O–H groups in total. The summed E-state index contributed by atoms with van der Waals surface area (Å²) in [5.74, 6) is 0.163. The van der Waals surface area contributed by atoms with Gasteiger partial charge in [0.2, 0.25) is 5.91 Å². The van der Waals surface area contributed by atoms with E-state index < -0.39 is 0 Å². The van der Waals surface area contributed by atoms with E-state index in [2.05, 4.69) is 22.4 Å². The molecule has 4 nitrogen and oxygen atoms in total. The average molecular weight is 301 g/mol. The number of carbonyl (C=O) groups excluding carboxylic acids is 1. The molecule has 1 amide bonds. The van der Waals surface area contributed by atoms with Crippen LogP contribution in [0.5, 0.6) is 0 Å². The van der Waals surface area contributed by atoms with Crippen LogP contribution in [0, 0.1) is 6.92 Å². The number of hydrogen-bond acceptors (Lipinski definition) is 4. The SMILES string of the molecule is Cc1nc(CC(=O)N2CCNC[C@H]2c2ccccc2)cs1. The van der Waals surface area contributed by atoms with E-state index in [1.54, 1.807) is 11.3 Å². The number of benzene rings is 1. The first kappa shape index (κ1) is 14.2. The minimum Gasteiger partial charge on any atom is -0.333 e. The van der Waals surface area contributed by atoms with Gasteiger partial charge in [-0.1, -0.05) is 30.3 Å². The minimum absolute atomic E-state index is 0.118. The van der Waals surface area contributed by atoms with E-state index in [1.807, 2.05) is 35.4 Å². The van der Waals surface area contributed by atoms with Gasteiger partial charge >= 0.3 is 0 Å². The van der Waals surface area contributed by atoms with Crippen molar-refractivity contribution in [1.82, 2.24) is 15.2 Å². The van der Waals surface area contributed by atoms with E-state index in [9.17, 15) is 4.79 Å². The van der Waals surface area contributed by atoms with E-state index in [-0.39, 0.29) is 11.9 Å². The number of aromatic nitrogens is 1. The molecule has 2 aromatic rings. The summed E-state index contributed by atoms with van der Waals surface area (Å²) in [6, 6.07) is 10.3. The van der Waals surface area contributed by atoms with E-state index in [0.717, 1.165) is 30.3 Å². The zero-order chi connectivity index (χ0) is 14.7. The number of piperazine rings is 1. The maximum atomic E-state index is 12.6. The molecular formula is C16H19N3OS. The summed E-state index contributed by atoms with van der Waals surface area (Å²) in [4.78, 5) is 19.0. The van der Waals surface area contributed by atoms with Crippen molar-refractivity contribution in [3.63, 3.8) is 0 Å². The van der Waals surface area contributed by atoms with Crippen LogP contribution >= 0.6 is 11.3 Å². The molecule has 110 valence electrons. The summed E-state index contributed by atoms with van der Waals surface area (Å²) >= 11 is 1.60. The maximum Gasteiger partial charge on any atom is 0.229 e. The molecule has 1 aliphatic heterocycles. The number of carbonyl (C=O) groups is 1. The Bertz CT molecular complexity index is 611. The molecule has 21 heavy (non-hydrogen) atoms. The van der Waals surface area contributed by atoms with Crippen LogP contribution in [0.1, 0.15) is 22.3 Å². The maximum absolute atomic E-state index is 12.6. The quantitative estimate of drug-likeness (QED) is 0.945. The van der Waals surface area contributed by atoms with E-state index in [1.165, 1.54) is 5.56 Å². The number of nitrogens with one attached hydrogen (secondary N) is 1. The van der Waals surface area contributed by atoms with Gasteiger partial charge in [0.15, 0.2) is 0 Å². The van der Waals surface area contributed by atoms with Gasteiger partial charge in [-0.3, -0.25) is 4.79 Å². The summed E-state index contributed by atoms with van der Waals surface area (Å²) in [6.07, 6.45) is 0.397. The summed E-state index contributed by atoms with van der Waals surface area (Å²) in [7, 11) is 0. The fourth-order valence-corrected chi connectivity index (χ4v) is 3.33. The Kier molecular flexibility index (Phi) is 4.31. The van der Waals surface area contributed by atoms with Gasteiger partial charge in [0, 0.05) is 25.0 Å². The smallest absolute Gasteiger partial charge is 0.229 e. The fraction of sp³-hybridized carbons (Fsp3) is 0.375. The van der Waals surface area contributed by atoms with Crippen LogP contribution in [-0.2, 0) is 11.2 Å². The van der Waals surface area contributed by atoms with Crippen LogP contribution in [0.15, 0.2) is 35.7 Å². The Labute approximate surface area is 128 Å². The Morgan fingerprint density at radius 2 is 2.24 bits per heavy atom. The van der Waals surface area contributed by atoms with Gasteiger partial charge in [0.05, 0.1) is 23.2 Å². The lowest BCUT2D eigenvalue weighted by Gasteiger charge is -2.36.